The van der Waals surface area contributed by atoms with E-state index in [1.54, 1.807) is 13.0 Å². The molecule has 3 heteroatoms. The van der Waals surface area contributed by atoms with E-state index in [0.717, 1.165) is 19.3 Å². The van der Waals surface area contributed by atoms with Crippen LogP contribution in [0, 0.1) is 0 Å². The summed E-state index contributed by atoms with van der Waals surface area (Å²) in [6.45, 7) is 8.62. The highest BCUT2D eigenvalue weighted by atomic mass is 16.6. The number of ether oxygens (including phenoxy) is 1. The molecule has 0 aromatic rings. The van der Waals surface area contributed by atoms with Crippen LogP contribution in [0.4, 0.5) is 0 Å². The van der Waals surface area contributed by atoms with Crippen molar-refractivity contribution in [3.8, 4) is 0 Å². The summed E-state index contributed by atoms with van der Waals surface area (Å²) < 4.78 is 4.56. The van der Waals surface area contributed by atoms with Crippen LogP contribution in [0.2, 0.25) is 0 Å². The van der Waals surface area contributed by atoms with Crippen LogP contribution >= 0.6 is 0 Å². The Labute approximate surface area is 90.8 Å². The van der Waals surface area contributed by atoms with Crippen molar-refractivity contribution in [2.45, 2.75) is 40.0 Å². The lowest BCUT2D eigenvalue weighted by atomic mass is 10.2. The Bertz CT molecular complexity index is 287. The number of carbonyl (C=O) groups excluding carboxylic acids is 2. The minimum absolute atomic E-state index is 0.227. The molecule has 0 aromatic heterocycles. The molecule has 0 saturated heterocycles. The standard InChI is InChI=1S/C12H18O3/c1-5-6-7-8-10(4)12(14)15-11(13)9(2)3/h8H,2,5-7H2,1,3-4H3. The van der Waals surface area contributed by atoms with Crippen molar-refractivity contribution in [2.24, 2.45) is 0 Å². The van der Waals surface area contributed by atoms with Gasteiger partial charge in [0.1, 0.15) is 0 Å². The average Bonchev–Trinajstić information content (AvgIpc) is 2.17. The first kappa shape index (κ1) is 13.6. The number of unbranched alkanes of at least 4 members (excludes halogenated alkanes) is 2. The van der Waals surface area contributed by atoms with Gasteiger partial charge in [-0.2, -0.15) is 0 Å². The first-order valence-electron chi connectivity index (χ1n) is 5.07. The van der Waals surface area contributed by atoms with Gasteiger partial charge < -0.3 is 4.74 Å². The highest BCUT2D eigenvalue weighted by Gasteiger charge is 2.11. The lowest BCUT2D eigenvalue weighted by molar-refractivity contribution is -0.153. The van der Waals surface area contributed by atoms with Crippen molar-refractivity contribution < 1.29 is 14.3 Å². The molecule has 0 spiro atoms. The fourth-order valence-electron chi connectivity index (χ4n) is 0.858. The van der Waals surface area contributed by atoms with E-state index in [1.165, 1.54) is 6.92 Å². The molecule has 0 bridgehead atoms. The molecule has 0 aliphatic heterocycles. The highest BCUT2D eigenvalue weighted by molar-refractivity contribution is 6.00. The fraction of sp³-hybridized carbons (Fsp3) is 0.500. The van der Waals surface area contributed by atoms with Crippen LogP contribution in [0.1, 0.15) is 40.0 Å². The second kappa shape index (κ2) is 6.98. The van der Waals surface area contributed by atoms with Crippen molar-refractivity contribution in [2.75, 3.05) is 0 Å². The Balaban J connectivity index is 4.15. The van der Waals surface area contributed by atoms with Gasteiger partial charge in [-0.15, -0.1) is 0 Å². The quantitative estimate of drug-likeness (QED) is 0.303. The van der Waals surface area contributed by atoms with Crippen molar-refractivity contribution >= 4 is 11.9 Å². The second-order valence-electron chi connectivity index (χ2n) is 3.49. The van der Waals surface area contributed by atoms with E-state index < -0.39 is 11.9 Å². The van der Waals surface area contributed by atoms with E-state index >= 15 is 0 Å². The van der Waals surface area contributed by atoms with Gasteiger partial charge in [0.05, 0.1) is 0 Å². The molecule has 3 nitrogen and oxygen atoms in total. The van der Waals surface area contributed by atoms with Gasteiger partial charge in [0, 0.05) is 11.1 Å². The first-order chi connectivity index (χ1) is 6.99. The van der Waals surface area contributed by atoms with Gasteiger partial charge in [0.25, 0.3) is 0 Å². The number of esters is 2. The number of allylic oxidation sites excluding steroid dienone is 1. The van der Waals surface area contributed by atoms with Crippen LogP contribution in [-0.2, 0) is 14.3 Å². The van der Waals surface area contributed by atoms with Crippen LogP contribution in [0.15, 0.2) is 23.8 Å². The minimum Gasteiger partial charge on any atom is -0.386 e. The molecule has 0 rings (SSSR count). The van der Waals surface area contributed by atoms with Gasteiger partial charge in [-0.3, -0.25) is 0 Å². The van der Waals surface area contributed by atoms with E-state index in [2.05, 4.69) is 18.2 Å². The van der Waals surface area contributed by atoms with Crippen molar-refractivity contribution in [1.82, 2.24) is 0 Å². The molecule has 0 fully saturated rings. The lowest BCUT2D eigenvalue weighted by Crippen LogP contribution is -2.13. The Hall–Kier alpha value is -1.38. The Morgan fingerprint density at radius 2 is 1.87 bits per heavy atom. The fourth-order valence-corrected chi connectivity index (χ4v) is 0.858. The predicted octanol–water partition coefficient (Wildman–Crippen LogP) is 2.77. The van der Waals surface area contributed by atoms with Gasteiger partial charge in [0.15, 0.2) is 0 Å². The van der Waals surface area contributed by atoms with Gasteiger partial charge >= 0.3 is 11.9 Å². The number of hydrogen-bond donors (Lipinski definition) is 0. The predicted molar refractivity (Wildman–Crippen MR) is 59.2 cm³/mol. The average molecular weight is 210 g/mol. The Morgan fingerprint density at radius 1 is 1.27 bits per heavy atom. The SMILES string of the molecule is C=C(C)C(=O)OC(=O)C(C)=CCCCC. The smallest absolute Gasteiger partial charge is 0.341 e. The molecule has 0 unspecified atom stereocenters. The van der Waals surface area contributed by atoms with Crippen LogP contribution in [-0.4, -0.2) is 11.9 Å². The molecule has 0 aliphatic rings. The molecule has 0 atom stereocenters. The number of hydrogen-bond acceptors (Lipinski definition) is 3. The molecule has 0 aliphatic carbocycles. The third-order valence-corrected chi connectivity index (χ3v) is 1.86. The van der Waals surface area contributed by atoms with E-state index in [1.807, 2.05) is 0 Å². The van der Waals surface area contributed by atoms with Gasteiger partial charge in [-0.1, -0.05) is 32.4 Å². The highest BCUT2D eigenvalue weighted by Crippen LogP contribution is 2.04. The van der Waals surface area contributed by atoms with Crippen LogP contribution in [0.3, 0.4) is 0 Å². The van der Waals surface area contributed by atoms with Crippen molar-refractivity contribution in [3.63, 3.8) is 0 Å². The van der Waals surface area contributed by atoms with Crippen LogP contribution in [0.25, 0.3) is 0 Å². The second-order valence-corrected chi connectivity index (χ2v) is 3.49. The number of rotatable bonds is 5. The third kappa shape index (κ3) is 5.83. The van der Waals surface area contributed by atoms with Gasteiger partial charge in [-0.05, 0) is 20.3 Å². The molecule has 0 saturated carbocycles. The zero-order valence-electron chi connectivity index (χ0n) is 9.63. The van der Waals surface area contributed by atoms with Crippen LogP contribution in [0.5, 0.6) is 0 Å². The van der Waals surface area contributed by atoms with Crippen LogP contribution < -0.4 is 0 Å². The third-order valence-electron chi connectivity index (χ3n) is 1.86. The Kier molecular flexibility index (Phi) is 6.34. The Morgan fingerprint density at radius 3 is 2.33 bits per heavy atom. The summed E-state index contributed by atoms with van der Waals surface area (Å²) in [5.41, 5.74) is 0.697. The maximum atomic E-state index is 11.3. The largest absolute Gasteiger partial charge is 0.386 e. The lowest BCUT2D eigenvalue weighted by Gasteiger charge is -2.02. The van der Waals surface area contributed by atoms with Crippen molar-refractivity contribution in [3.05, 3.63) is 23.8 Å². The minimum atomic E-state index is -0.664. The zero-order chi connectivity index (χ0) is 11.8. The summed E-state index contributed by atoms with van der Waals surface area (Å²) in [4.78, 5) is 22.3. The van der Waals surface area contributed by atoms with E-state index in [9.17, 15) is 9.59 Å². The number of carbonyl (C=O) groups is 2. The zero-order valence-corrected chi connectivity index (χ0v) is 9.63. The summed E-state index contributed by atoms with van der Waals surface area (Å²) in [7, 11) is 0. The monoisotopic (exact) mass is 210 g/mol. The molecule has 0 radical (unpaired) electrons. The van der Waals surface area contributed by atoms with Gasteiger partial charge in [-0.25, -0.2) is 9.59 Å². The maximum absolute atomic E-state index is 11.3. The molecule has 0 N–H and O–H groups in total. The first-order valence-corrected chi connectivity index (χ1v) is 5.07. The molecule has 15 heavy (non-hydrogen) atoms. The molecule has 84 valence electrons. The molecule has 0 aromatic carbocycles. The molecular weight excluding hydrogens is 192 g/mol. The summed E-state index contributed by atoms with van der Waals surface area (Å²) in [6, 6.07) is 0. The van der Waals surface area contributed by atoms with E-state index in [4.69, 9.17) is 0 Å². The molecule has 0 amide bonds. The summed E-state index contributed by atoms with van der Waals surface area (Å²) >= 11 is 0. The molecular formula is C12H18O3. The summed E-state index contributed by atoms with van der Waals surface area (Å²) in [5, 5.41) is 0. The topological polar surface area (TPSA) is 43.4 Å². The van der Waals surface area contributed by atoms with Crippen molar-refractivity contribution in [1.29, 1.82) is 0 Å². The maximum Gasteiger partial charge on any atom is 0.341 e. The normalized spacial score (nSPS) is 11.0. The van der Waals surface area contributed by atoms with Gasteiger partial charge in [0.2, 0.25) is 0 Å². The molecule has 0 heterocycles. The van der Waals surface area contributed by atoms with E-state index in [0.29, 0.717) is 5.57 Å². The van der Waals surface area contributed by atoms with E-state index in [-0.39, 0.29) is 5.57 Å². The summed E-state index contributed by atoms with van der Waals surface area (Å²) in [6.07, 6.45) is 4.72. The summed E-state index contributed by atoms with van der Waals surface area (Å²) in [5.74, 6) is -1.25.